The van der Waals surface area contributed by atoms with Crippen molar-refractivity contribution in [2.24, 2.45) is 5.92 Å². The lowest BCUT2D eigenvalue weighted by Gasteiger charge is -2.16. The third kappa shape index (κ3) is 4.39. The Morgan fingerprint density at radius 1 is 1.32 bits per heavy atom. The molecule has 1 aromatic heterocycles. The van der Waals surface area contributed by atoms with Crippen LogP contribution in [0, 0.1) is 5.92 Å². The maximum absolute atomic E-state index is 12.6. The molecular weight excluding hydrogens is 328 g/mol. The normalized spacial score (nSPS) is 19.7. The number of rotatable bonds is 4. The van der Waals surface area contributed by atoms with Gasteiger partial charge in [0.25, 0.3) is 0 Å². The van der Waals surface area contributed by atoms with E-state index in [0.29, 0.717) is 6.20 Å². The molecule has 0 aliphatic carbocycles. The summed E-state index contributed by atoms with van der Waals surface area (Å²) in [4.78, 5) is 16.6. The number of carbonyl (C=O) groups is 1. The minimum atomic E-state index is -4.67. The number of pyridine rings is 1. The second-order valence-electron chi connectivity index (χ2n) is 5.09. The molecule has 1 saturated heterocycles. The van der Waals surface area contributed by atoms with Crippen molar-refractivity contribution in [3.05, 3.63) is 29.6 Å². The van der Waals surface area contributed by atoms with Crippen LogP contribution in [-0.2, 0) is 27.7 Å². The van der Waals surface area contributed by atoms with Crippen molar-refractivity contribution in [2.75, 3.05) is 12.3 Å². The molecule has 122 valence electrons. The molecule has 10 heteroatoms. The van der Waals surface area contributed by atoms with Crippen LogP contribution in [0.1, 0.15) is 17.7 Å². The Labute approximate surface area is 124 Å². The first-order valence-corrected chi connectivity index (χ1v) is 7.82. The predicted molar refractivity (Wildman–Crippen MR) is 67.7 cm³/mol. The smallest absolute Gasteiger partial charge is 0.336 e. The molecule has 0 saturated carbocycles. The van der Waals surface area contributed by atoms with E-state index in [4.69, 9.17) is 0 Å². The number of nitrogens with zero attached hydrogens (tertiary/aromatic N) is 2. The Morgan fingerprint density at radius 2 is 2.00 bits per heavy atom. The number of halogens is 4. The molecule has 2 heterocycles. The minimum Gasteiger partial charge on any atom is -0.336 e. The molecule has 5 nitrogen and oxygen atoms in total. The van der Waals surface area contributed by atoms with Crippen molar-refractivity contribution < 1.29 is 30.3 Å². The van der Waals surface area contributed by atoms with Gasteiger partial charge >= 0.3 is 16.4 Å². The number of amides is 1. The summed E-state index contributed by atoms with van der Waals surface area (Å²) in [5.74, 6) is -1.78. The summed E-state index contributed by atoms with van der Waals surface area (Å²) in [6, 6.07) is 2.00. The van der Waals surface area contributed by atoms with Crippen molar-refractivity contribution in [2.45, 2.75) is 19.1 Å². The van der Waals surface area contributed by atoms with Crippen LogP contribution < -0.4 is 0 Å². The van der Waals surface area contributed by atoms with Crippen LogP contribution in [0.25, 0.3) is 0 Å². The summed E-state index contributed by atoms with van der Waals surface area (Å²) >= 11 is 0. The first-order valence-electron chi connectivity index (χ1n) is 6.27. The van der Waals surface area contributed by atoms with Crippen molar-refractivity contribution in [1.29, 1.82) is 0 Å². The van der Waals surface area contributed by atoms with Crippen LogP contribution in [0.3, 0.4) is 0 Å². The zero-order chi connectivity index (χ0) is 16.5. The summed E-state index contributed by atoms with van der Waals surface area (Å²) in [7, 11) is -4.67. The summed E-state index contributed by atoms with van der Waals surface area (Å²) in [5.41, 5.74) is -0.657. The maximum atomic E-state index is 12.6. The molecule has 1 aliphatic rings. The van der Waals surface area contributed by atoms with Gasteiger partial charge in [0.1, 0.15) is 0 Å². The number of carbonyl (C=O) groups excluding carboxylic acids is 1. The van der Waals surface area contributed by atoms with Gasteiger partial charge in [0, 0.05) is 25.1 Å². The first kappa shape index (κ1) is 16.7. The Bertz CT molecular complexity index is 658. The lowest BCUT2D eigenvalue weighted by molar-refractivity contribution is -0.138. The average Bonchev–Trinajstić information content (AvgIpc) is 2.66. The van der Waals surface area contributed by atoms with Gasteiger partial charge in [-0.05, 0) is 12.1 Å². The van der Waals surface area contributed by atoms with Gasteiger partial charge < -0.3 is 4.90 Å². The Morgan fingerprint density at radius 3 is 2.50 bits per heavy atom. The molecule has 0 radical (unpaired) electrons. The van der Waals surface area contributed by atoms with Gasteiger partial charge in [-0.15, -0.1) is 3.89 Å². The fourth-order valence-electron chi connectivity index (χ4n) is 2.28. The second-order valence-corrected chi connectivity index (χ2v) is 6.50. The van der Waals surface area contributed by atoms with Gasteiger partial charge in [0.05, 0.1) is 23.6 Å². The fourth-order valence-corrected chi connectivity index (χ4v) is 3.07. The zero-order valence-corrected chi connectivity index (χ0v) is 12.0. The van der Waals surface area contributed by atoms with Gasteiger partial charge in [-0.25, -0.2) is 0 Å². The minimum absolute atomic E-state index is 0.0324. The number of alkyl halides is 3. The molecule has 2 rings (SSSR count). The van der Waals surface area contributed by atoms with Crippen molar-refractivity contribution >= 4 is 16.1 Å². The van der Waals surface area contributed by atoms with E-state index in [1.165, 1.54) is 4.90 Å². The van der Waals surface area contributed by atoms with Crippen molar-refractivity contribution in [3.8, 4) is 0 Å². The molecule has 0 N–H and O–H groups in total. The van der Waals surface area contributed by atoms with Crippen LogP contribution in [-0.4, -0.2) is 36.5 Å². The molecule has 1 unspecified atom stereocenters. The number of likely N-dealkylation sites (tertiary alicyclic amines) is 1. The largest absolute Gasteiger partial charge is 0.417 e. The topological polar surface area (TPSA) is 67.3 Å². The highest BCUT2D eigenvalue weighted by Crippen LogP contribution is 2.28. The molecule has 1 aromatic rings. The molecule has 0 spiro atoms. The first-order chi connectivity index (χ1) is 10.0. The van der Waals surface area contributed by atoms with Crippen LogP contribution in [0.4, 0.5) is 17.1 Å². The highest BCUT2D eigenvalue weighted by atomic mass is 32.3. The second kappa shape index (κ2) is 5.82. The van der Waals surface area contributed by atoms with Crippen LogP contribution >= 0.6 is 0 Å². The molecule has 1 amide bonds. The molecule has 1 aliphatic heterocycles. The third-order valence-corrected chi connectivity index (χ3v) is 4.10. The highest BCUT2D eigenvalue weighted by Gasteiger charge is 2.33. The van der Waals surface area contributed by atoms with Gasteiger partial charge in [-0.1, -0.05) is 0 Å². The summed E-state index contributed by atoms with van der Waals surface area (Å²) in [6.07, 6.45) is -3.93. The van der Waals surface area contributed by atoms with Gasteiger partial charge in [0.15, 0.2) is 0 Å². The SMILES string of the molecule is O=C1CC(CS(=O)(=O)F)CN1Cc1ccc(C(F)(F)F)cn1. The molecule has 1 fully saturated rings. The summed E-state index contributed by atoms with van der Waals surface area (Å²) in [6.45, 7) is -0.00944. The Kier molecular flexibility index (Phi) is 4.41. The van der Waals surface area contributed by atoms with E-state index in [1.54, 1.807) is 0 Å². The molecule has 0 aromatic carbocycles. The molecule has 0 bridgehead atoms. The average molecular weight is 340 g/mol. The van der Waals surface area contributed by atoms with E-state index < -0.39 is 33.6 Å². The van der Waals surface area contributed by atoms with E-state index >= 15 is 0 Å². The zero-order valence-electron chi connectivity index (χ0n) is 11.2. The molecule has 22 heavy (non-hydrogen) atoms. The van der Waals surface area contributed by atoms with Gasteiger partial charge in [0.2, 0.25) is 5.91 Å². The van der Waals surface area contributed by atoms with Crippen molar-refractivity contribution in [1.82, 2.24) is 9.88 Å². The van der Waals surface area contributed by atoms with E-state index in [0.717, 1.165) is 12.1 Å². The standard InChI is InChI=1S/C12H12F4N2O3S/c13-12(14,15)9-1-2-10(17-4-9)6-18-5-8(3-11(18)19)7-22(16,20)21/h1-2,4,8H,3,5-7H2. The predicted octanol–water partition coefficient (Wildman–Crippen LogP) is 1.75. The lowest BCUT2D eigenvalue weighted by atomic mass is 10.1. The lowest BCUT2D eigenvalue weighted by Crippen LogP contribution is -2.26. The number of hydrogen-bond acceptors (Lipinski definition) is 4. The highest BCUT2D eigenvalue weighted by molar-refractivity contribution is 7.86. The van der Waals surface area contributed by atoms with E-state index in [9.17, 15) is 30.3 Å². The van der Waals surface area contributed by atoms with Crippen LogP contribution in [0.15, 0.2) is 18.3 Å². The molecular formula is C12H12F4N2O3S. The third-order valence-electron chi connectivity index (χ3n) is 3.23. The monoisotopic (exact) mass is 340 g/mol. The van der Waals surface area contributed by atoms with E-state index in [-0.39, 0.29) is 31.1 Å². The van der Waals surface area contributed by atoms with Crippen LogP contribution in [0.5, 0.6) is 0 Å². The number of hydrogen-bond donors (Lipinski definition) is 0. The summed E-state index contributed by atoms with van der Waals surface area (Å²) < 4.78 is 70.9. The quantitative estimate of drug-likeness (QED) is 0.619. The Hall–Kier alpha value is -1.71. The maximum Gasteiger partial charge on any atom is 0.417 e. The van der Waals surface area contributed by atoms with Gasteiger partial charge in [-0.2, -0.15) is 21.6 Å². The fraction of sp³-hybridized carbons (Fsp3) is 0.500. The summed E-state index contributed by atoms with van der Waals surface area (Å²) in [5, 5.41) is 0. The van der Waals surface area contributed by atoms with E-state index in [2.05, 4.69) is 4.98 Å². The van der Waals surface area contributed by atoms with Gasteiger partial charge in [-0.3, -0.25) is 9.78 Å². The van der Waals surface area contributed by atoms with Crippen LogP contribution in [0.2, 0.25) is 0 Å². The van der Waals surface area contributed by atoms with Crippen molar-refractivity contribution in [3.63, 3.8) is 0 Å². The molecule has 1 atom stereocenters. The Balaban J connectivity index is 2.01. The number of aromatic nitrogens is 1. The van der Waals surface area contributed by atoms with E-state index in [1.807, 2.05) is 0 Å².